The average molecular weight is 591 g/mol. The summed E-state index contributed by atoms with van der Waals surface area (Å²) < 4.78 is 1.74. The van der Waals surface area contributed by atoms with E-state index in [-0.39, 0.29) is 28.3 Å². The Bertz CT molecular complexity index is 1830. The Morgan fingerprint density at radius 2 is 1.73 bits per heavy atom. The molecule has 7 rings (SSSR count). The largest absolute Gasteiger partial charge is 0.477 e. The third-order valence-electron chi connectivity index (χ3n) is 9.78. The number of nitrogens with zero attached hydrogens (tertiary/aromatic N) is 8. The Kier molecular flexibility index (Phi) is 6.53. The number of carboxylic acids is 1. The van der Waals surface area contributed by atoms with Crippen molar-refractivity contribution in [2.45, 2.75) is 38.5 Å². The Morgan fingerprint density at radius 1 is 0.955 bits per heavy atom. The standard InChI is InChI=1S/C33H34N8O3/c1-22-16-25(38-13-10-32(2,19-38)24-6-4-3-5-7-24)18-41-28(22)36-27(37-41)30(42)40-15-12-33(21-40)11-14-39(20-33)29-23(17-34)8-9-26(35-29)31(43)44/h3-9,16,18H,10-15,19-21H2,1-2H3,(H,43,44)/t32-,33?/m0/s1. The fourth-order valence-electron chi connectivity index (χ4n) is 7.25. The molecule has 1 amide bonds. The van der Waals surface area contributed by atoms with E-state index in [1.54, 1.807) is 4.52 Å². The summed E-state index contributed by atoms with van der Waals surface area (Å²) in [5.41, 5.74) is 4.23. The van der Waals surface area contributed by atoms with Crippen LogP contribution >= 0.6 is 0 Å². The number of nitriles is 1. The number of aryl methyl sites for hydroxylation is 1. The van der Waals surface area contributed by atoms with Gasteiger partial charge in [0, 0.05) is 50.1 Å². The lowest BCUT2D eigenvalue weighted by atomic mass is 9.82. The van der Waals surface area contributed by atoms with Gasteiger partial charge in [0.1, 0.15) is 11.9 Å². The molecule has 0 bridgehead atoms. The Morgan fingerprint density at radius 3 is 2.50 bits per heavy atom. The van der Waals surface area contributed by atoms with Crippen LogP contribution in [0.2, 0.25) is 0 Å². The number of anilines is 2. The van der Waals surface area contributed by atoms with Gasteiger partial charge in [0.25, 0.3) is 5.91 Å². The van der Waals surface area contributed by atoms with Crippen LogP contribution in [0.15, 0.2) is 54.7 Å². The number of carboxylic acid groups (broad SMARTS) is 1. The topological polar surface area (TPSA) is 131 Å². The van der Waals surface area contributed by atoms with Gasteiger partial charge in [-0.2, -0.15) is 5.26 Å². The Labute approximate surface area is 255 Å². The molecule has 1 unspecified atom stereocenters. The molecule has 1 N–H and O–H groups in total. The van der Waals surface area contributed by atoms with Crippen LogP contribution in [0.4, 0.5) is 11.5 Å². The van der Waals surface area contributed by atoms with E-state index in [2.05, 4.69) is 69.4 Å². The van der Waals surface area contributed by atoms with Crippen molar-refractivity contribution in [1.82, 2.24) is 24.5 Å². The zero-order valence-electron chi connectivity index (χ0n) is 24.9. The number of benzene rings is 1. The monoisotopic (exact) mass is 590 g/mol. The SMILES string of the molecule is Cc1cc(N2CC[C@](C)(c3ccccc3)C2)cn2nc(C(=O)N3CCC4(CCN(c5nc(C(=O)O)ccc5C#N)C4)C3)nc12. The molecule has 1 aromatic carbocycles. The first-order valence-electron chi connectivity index (χ1n) is 15.0. The highest BCUT2D eigenvalue weighted by atomic mass is 16.4. The maximum Gasteiger partial charge on any atom is 0.354 e. The Balaban J connectivity index is 1.07. The van der Waals surface area contributed by atoms with E-state index in [1.807, 2.05) is 22.9 Å². The van der Waals surface area contributed by atoms with E-state index in [4.69, 9.17) is 0 Å². The number of hydrogen-bond acceptors (Lipinski definition) is 8. The molecule has 44 heavy (non-hydrogen) atoms. The fraction of sp³-hybridized carbons (Fsp3) is 0.394. The van der Waals surface area contributed by atoms with Gasteiger partial charge in [0.15, 0.2) is 11.3 Å². The van der Waals surface area contributed by atoms with Gasteiger partial charge >= 0.3 is 5.97 Å². The first-order valence-corrected chi connectivity index (χ1v) is 15.0. The second kappa shape index (κ2) is 10.3. The molecule has 3 aliphatic rings. The molecule has 3 aromatic heterocycles. The molecule has 0 saturated carbocycles. The number of fused-ring (bicyclic) bond motifs is 1. The lowest BCUT2D eigenvalue weighted by Gasteiger charge is -2.26. The van der Waals surface area contributed by atoms with Gasteiger partial charge in [-0.1, -0.05) is 37.3 Å². The van der Waals surface area contributed by atoms with Crippen molar-refractivity contribution in [2.24, 2.45) is 5.41 Å². The highest BCUT2D eigenvalue weighted by molar-refractivity contribution is 5.91. The molecule has 0 radical (unpaired) electrons. The third-order valence-corrected chi connectivity index (χ3v) is 9.78. The highest BCUT2D eigenvalue weighted by Gasteiger charge is 2.46. The molecule has 4 aromatic rings. The molecule has 2 atom stereocenters. The summed E-state index contributed by atoms with van der Waals surface area (Å²) in [5.74, 6) is -0.734. The number of rotatable bonds is 5. The van der Waals surface area contributed by atoms with Crippen LogP contribution in [-0.2, 0) is 5.41 Å². The first kappa shape index (κ1) is 27.8. The van der Waals surface area contributed by atoms with Crippen LogP contribution in [0.5, 0.6) is 0 Å². The van der Waals surface area contributed by atoms with Gasteiger partial charge in [-0.05, 0) is 55.5 Å². The third kappa shape index (κ3) is 4.71. The normalized spacial score (nSPS) is 23.2. The summed E-state index contributed by atoms with van der Waals surface area (Å²) in [6, 6.07) is 17.8. The summed E-state index contributed by atoms with van der Waals surface area (Å²) in [6.07, 6.45) is 4.66. The van der Waals surface area contributed by atoms with Gasteiger partial charge in [-0.25, -0.2) is 19.3 Å². The van der Waals surface area contributed by atoms with Gasteiger partial charge in [0.2, 0.25) is 5.82 Å². The lowest BCUT2D eigenvalue weighted by molar-refractivity contribution is 0.0689. The van der Waals surface area contributed by atoms with Crippen LogP contribution < -0.4 is 9.80 Å². The van der Waals surface area contributed by atoms with E-state index in [0.717, 1.165) is 43.6 Å². The number of hydrogen-bond donors (Lipinski definition) is 1. The molecule has 11 nitrogen and oxygen atoms in total. The maximum absolute atomic E-state index is 13.7. The molecule has 3 fully saturated rings. The summed E-state index contributed by atoms with van der Waals surface area (Å²) >= 11 is 0. The predicted molar refractivity (Wildman–Crippen MR) is 164 cm³/mol. The second-order valence-electron chi connectivity index (χ2n) is 12.8. The number of amides is 1. The van der Waals surface area contributed by atoms with Crippen LogP contribution in [0, 0.1) is 23.7 Å². The minimum Gasteiger partial charge on any atom is -0.477 e. The smallest absolute Gasteiger partial charge is 0.354 e. The molecule has 6 heterocycles. The average Bonchev–Trinajstić information content (AvgIpc) is 3.84. The summed E-state index contributed by atoms with van der Waals surface area (Å²) in [7, 11) is 0. The van der Waals surface area contributed by atoms with Gasteiger partial charge in [0.05, 0.1) is 17.4 Å². The predicted octanol–water partition coefficient (Wildman–Crippen LogP) is 3.91. The van der Waals surface area contributed by atoms with Crippen LogP contribution in [0.3, 0.4) is 0 Å². The zero-order valence-corrected chi connectivity index (χ0v) is 24.9. The van der Waals surface area contributed by atoms with Gasteiger partial charge < -0.3 is 19.8 Å². The fourth-order valence-corrected chi connectivity index (χ4v) is 7.25. The van der Waals surface area contributed by atoms with Crippen molar-refractivity contribution in [3.63, 3.8) is 0 Å². The second-order valence-corrected chi connectivity index (χ2v) is 12.8. The van der Waals surface area contributed by atoms with Crippen molar-refractivity contribution in [1.29, 1.82) is 5.26 Å². The molecular formula is C33H34N8O3. The minimum atomic E-state index is -1.13. The molecule has 224 valence electrons. The molecule has 3 aliphatic heterocycles. The van der Waals surface area contributed by atoms with E-state index < -0.39 is 5.97 Å². The lowest BCUT2D eigenvalue weighted by Crippen LogP contribution is -2.34. The van der Waals surface area contributed by atoms with Crippen LogP contribution in [-0.4, -0.2) is 80.7 Å². The van der Waals surface area contributed by atoms with Crippen molar-refractivity contribution >= 4 is 29.0 Å². The highest BCUT2D eigenvalue weighted by Crippen LogP contribution is 2.42. The van der Waals surface area contributed by atoms with Crippen molar-refractivity contribution < 1.29 is 14.7 Å². The summed E-state index contributed by atoms with van der Waals surface area (Å²) in [6.45, 7) is 8.55. The summed E-state index contributed by atoms with van der Waals surface area (Å²) in [4.78, 5) is 40.3. The van der Waals surface area contributed by atoms with Gasteiger partial charge in [-0.15, -0.1) is 5.10 Å². The Hall–Kier alpha value is -4.98. The number of aromatic carboxylic acids is 1. The van der Waals surface area contributed by atoms with E-state index in [9.17, 15) is 20.0 Å². The van der Waals surface area contributed by atoms with E-state index in [0.29, 0.717) is 43.2 Å². The van der Waals surface area contributed by atoms with Crippen molar-refractivity contribution in [2.75, 3.05) is 49.1 Å². The quantitative estimate of drug-likeness (QED) is 0.368. The number of carbonyl (C=O) groups is 2. The van der Waals surface area contributed by atoms with Crippen LogP contribution in [0.25, 0.3) is 5.65 Å². The number of likely N-dealkylation sites (tertiary alicyclic amines) is 1. The number of carbonyl (C=O) groups excluding carboxylic acids is 1. The molecule has 3 saturated heterocycles. The maximum atomic E-state index is 13.7. The van der Waals surface area contributed by atoms with E-state index in [1.165, 1.54) is 17.7 Å². The van der Waals surface area contributed by atoms with Gasteiger partial charge in [-0.3, -0.25) is 4.79 Å². The molecule has 0 aliphatic carbocycles. The van der Waals surface area contributed by atoms with Crippen LogP contribution in [0.1, 0.15) is 64.0 Å². The molecule has 11 heteroatoms. The first-order chi connectivity index (χ1) is 21.2. The zero-order chi connectivity index (χ0) is 30.6. The van der Waals surface area contributed by atoms with Crippen molar-refractivity contribution in [3.05, 3.63) is 82.9 Å². The summed E-state index contributed by atoms with van der Waals surface area (Å²) in [5, 5.41) is 23.6. The van der Waals surface area contributed by atoms with E-state index >= 15 is 0 Å². The number of pyridine rings is 2. The van der Waals surface area contributed by atoms with Crippen molar-refractivity contribution in [3.8, 4) is 6.07 Å². The number of aromatic nitrogens is 4. The molecular weight excluding hydrogens is 556 g/mol. The minimum absolute atomic E-state index is 0.0699. The molecule has 1 spiro atoms.